The molecule has 1 aromatic heterocycles. The van der Waals surface area contributed by atoms with Gasteiger partial charge in [-0.05, 0) is 38.1 Å². The molecule has 1 heterocycles. The summed E-state index contributed by atoms with van der Waals surface area (Å²) in [4.78, 5) is 12.4. The molecule has 1 N–H and O–H groups in total. The van der Waals surface area contributed by atoms with Gasteiger partial charge in [0, 0.05) is 15.6 Å². The summed E-state index contributed by atoms with van der Waals surface area (Å²) in [5.74, 6) is -1.10. The number of nitrogens with zero attached hydrogens (tertiary/aromatic N) is 2. The Bertz CT molecular complexity index is 965. The number of amides is 1. The van der Waals surface area contributed by atoms with Crippen molar-refractivity contribution in [1.82, 2.24) is 9.78 Å². The molecule has 0 bridgehead atoms. The maximum atomic E-state index is 13.8. The highest BCUT2D eigenvalue weighted by molar-refractivity contribution is 6.35. The number of anilines is 1. The number of nitrogens with one attached hydrogen (secondary N) is 1. The van der Waals surface area contributed by atoms with Gasteiger partial charge in [-0.25, -0.2) is 4.39 Å². The molecule has 0 fully saturated rings. The first-order chi connectivity index (χ1) is 12.4. The summed E-state index contributed by atoms with van der Waals surface area (Å²) in [5.41, 5.74) is 2.61. The molecule has 0 saturated carbocycles. The maximum absolute atomic E-state index is 13.8. The van der Waals surface area contributed by atoms with Crippen molar-refractivity contribution < 1.29 is 9.18 Å². The molecule has 0 aliphatic rings. The van der Waals surface area contributed by atoms with Gasteiger partial charge in [0.25, 0.3) is 5.91 Å². The first kappa shape index (κ1) is 18.4. The summed E-state index contributed by atoms with van der Waals surface area (Å²) in [6, 6.07) is 11.1. The largest absolute Gasteiger partial charge is 0.319 e. The molecule has 4 nitrogen and oxygen atoms in total. The van der Waals surface area contributed by atoms with E-state index in [0.29, 0.717) is 28.0 Å². The van der Waals surface area contributed by atoms with Gasteiger partial charge in [-0.15, -0.1) is 0 Å². The third-order valence-electron chi connectivity index (χ3n) is 4.11. The van der Waals surface area contributed by atoms with Crippen molar-refractivity contribution in [2.45, 2.75) is 20.4 Å². The minimum Gasteiger partial charge on any atom is -0.319 e. The van der Waals surface area contributed by atoms with Crippen molar-refractivity contribution in [3.05, 3.63) is 80.8 Å². The topological polar surface area (TPSA) is 46.9 Å². The van der Waals surface area contributed by atoms with Crippen LogP contribution in [0.2, 0.25) is 10.0 Å². The Morgan fingerprint density at radius 3 is 2.42 bits per heavy atom. The highest BCUT2D eigenvalue weighted by Crippen LogP contribution is 2.27. The molecule has 3 rings (SSSR count). The highest BCUT2D eigenvalue weighted by atomic mass is 35.5. The zero-order valence-corrected chi connectivity index (χ0v) is 15.7. The second-order valence-corrected chi connectivity index (χ2v) is 6.65. The summed E-state index contributed by atoms with van der Waals surface area (Å²) in [6.45, 7) is 3.96. The van der Waals surface area contributed by atoms with Crippen molar-refractivity contribution in [3.63, 3.8) is 0 Å². The summed E-state index contributed by atoms with van der Waals surface area (Å²) < 4.78 is 15.5. The molecule has 0 saturated heterocycles. The summed E-state index contributed by atoms with van der Waals surface area (Å²) in [5, 5.41) is 8.28. The third-order valence-corrected chi connectivity index (χ3v) is 4.82. The second-order valence-electron chi connectivity index (χ2n) is 5.84. The molecule has 134 valence electrons. The van der Waals surface area contributed by atoms with Crippen LogP contribution in [0.25, 0.3) is 0 Å². The van der Waals surface area contributed by atoms with Gasteiger partial charge in [0.15, 0.2) is 0 Å². The summed E-state index contributed by atoms with van der Waals surface area (Å²) in [7, 11) is 0. The van der Waals surface area contributed by atoms with E-state index >= 15 is 0 Å². The van der Waals surface area contributed by atoms with Crippen LogP contribution in [-0.4, -0.2) is 15.7 Å². The SMILES string of the molecule is Cc1nn(Cc2c(Cl)cccc2Cl)c(C)c1NC(=O)c1ccccc1F. The van der Waals surface area contributed by atoms with Crippen molar-refractivity contribution >= 4 is 34.8 Å². The van der Waals surface area contributed by atoms with Crippen molar-refractivity contribution in [2.75, 3.05) is 5.32 Å². The molecule has 0 aliphatic carbocycles. The molecule has 0 spiro atoms. The van der Waals surface area contributed by atoms with E-state index in [-0.39, 0.29) is 5.56 Å². The minimum atomic E-state index is -0.574. The van der Waals surface area contributed by atoms with Gasteiger partial charge in [0.05, 0.1) is 29.2 Å². The van der Waals surface area contributed by atoms with Gasteiger partial charge in [0.2, 0.25) is 0 Å². The molecule has 26 heavy (non-hydrogen) atoms. The molecular weight excluding hydrogens is 376 g/mol. The van der Waals surface area contributed by atoms with Gasteiger partial charge in [-0.2, -0.15) is 5.10 Å². The maximum Gasteiger partial charge on any atom is 0.258 e. The third kappa shape index (κ3) is 3.59. The smallest absolute Gasteiger partial charge is 0.258 e. The first-order valence-corrected chi connectivity index (χ1v) is 8.67. The lowest BCUT2D eigenvalue weighted by Gasteiger charge is -2.10. The molecule has 7 heteroatoms. The van der Waals surface area contributed by atoms with Crippen LogP contribution in [0.5, 0.6) is 0 Å². The number of hydrogen-bond acceptors (Lipinski definition) is 2. The van der Waals surface area contributed by atoms with Crippen LogP contribution < -0.4 is 5.32 Å². The normalized spacial score (nSPS) is 10.8. The summed E-state index contributed by atoms with van der Waals surface area (Å²) >= 11 is 12.4. The zero-order valence-electron chi connectivity index (χ0n) is 14.2. The Morgan fingerprint density at radius 1 is 1.12 bits per heavy atom. The quantitative estimate of drug-likeness (QED) is 0.660. The van der Waals surface area contributed by atoms with E-state index in [0.717, 1.165) is 11.3 Å². The van der Waals surface area contributed by atoms with Gasteiger partial charge in [0.1, 0.15) is 5.82 Å². The van der Waals surface area contributed by atoms with Crippen LogP contribution >= 0.6 is 23.2 Å². The van der Waals surface area contributed by atoms with E-state index in [1.165, 1.54) is 18.2 Å². The molecule has 3 aromatic rings. The van der Waals surface area contributed by atoms with Crippen LogP contribution in [-0.2, 0) is 6.54 Å². The van der Waals surface area contributed by atoms with Crippen molar-refractivity contribution in [1.29, 1.82) is 0 Å². The number of aryl methyl sites for hydroxylation is 1. The van der Waals surface area contributed by atoms with Crippen LogP contribution in [0.4, 0.5) is 10.1 Å². The monoisotopic (exact) mass is 391 g/mol. The van der Waals surface area contributed by atoms with E-state index in [4.69, 9.17) is 23.2 Å². The van der Waals surface area contributed by atoms with Gasteiger partial charge < -0.3 is 5.32 Å². The van der Waals surface area contributed by atoms with Crippen LogP contribution in [0.1, 0.15) is 27.3 Å². The van der Waals surface area contributed by atoms with E-state index < -0.39 is 11.7 Å². The van der Waals surface area contributed by atoms with E-state index in [9.17, 15) is 9.18 Å². The van der Waals surface area contributed by atoms with Crippen LogP contribution in [0, 0.1) is 19.7 Å². The molecule has 0 unspecified atom stereocenters. The van der Waals surface area contributed by atoms with Crippen molar-refractivity contribution in [2.24, 2.45) is 0 Å². The van der Waals surface area contributed by atoms with Crippen LogP contribution in [0.15, 0.2) is 42.5 Å². The van der Waals surface area contributed by atoms with Gasteiger partial charge >= 0.3 is 0 Å². The summed E-state index contributed by atoms with van der Waals surface area (Å²) in [6.07, 6.45) is 0. The fraction of sp³-hybridized carbons (Fsp3) is 0.158. The number of carbonyl (C=O) groups excluding carboxylic acids is 1. The first-order valence-electron chi connectivity index (χ1n) is 7.91. The molecule has 0 atom stereocenters. The van der Waals surface area contributed by atoms with Crippen molar-refractivity contribution in [3.8, 4) is 0 Å². The fourth-order valence-electron chi connectivity index (χ4n) is 2.69. The second kappa shape index (κ2) is 7.48. The number of hydrogen-bond donors (Lipinski definition) is 1. The highest BCUT2D eigenvalue weighted by Gasteiger charge is 2.18. The van der Waals surface area contributed by atoms with Gasteiger partial charge in [-0.1, -0.05) is 41.4 Å². The molecule has 1 amide bonds. The predicted octanol–water partition coefficient (Wildman–Crippen LogP) is 5.25. The van der Waals surface area contributed by atoms with E-state index in [1.54, 1.807) is 35.9 Å². The predicted molar refractivity (Wildman–Crippen MR) is 102 cm³/mol. The lowest BCUT2D eigenvalue weighted by atomic mass is 10.2. The Kier molecular flexibility index (Phi) is 5.30. The minimum absolute atomic E-state index is 0.0202. The molecular formula is C19H16Cl2FN3O. The molecule has 0 radical (unpaired) electrons. The lowest BCUT2D eigenvalue weighted by Crippen LogP contribution is -2.15. The number of halogens is 3. The Labute approximate surface area is 160 Å². The standard InChI is InChI=1S/C19H16Cl2FN3O/c1-11-18(23-19(26)13-6-3-4-9-17(13)22)12(2)25(24-11)10-14-15(20)7-5-8-16(14)21/h3-9H,10H2,1-2H3,(H,23,26). The van der Waals surface area contributed by atoms with Gasteiger partial charge in [-0.3, -0.25) is 9.48 Å². The Morgan fingerprint density at radius 2 is 1.77 bits per heavy atom. The molecule has 2 aromatic carbocycles. The zero-order chi connectivity index (χ0) is 18.8. The van der Waals surface area contributed by atoms with E-state index in [1.807, 2.05) is 6.92 Å². The number of aromatic nitrogens is 2. The number of carbonyl (C=O) groups is 1. The number of rotatable bonds is 4. The fourth-order valence-corrected chi connectivity index (χ4v) is 3.21. The average molecular weight is 392 g/mol. The van der Waals surface area contributed by atoms with Crippen LogP contribution in [0.3, 0.4) is 0 Å². The Hall–Kier alpha value is -2.37. The lowest BCUT2D eigenvalue weighted by molar-refractivity contribution is 0.102. The Balaban J connectivity index is 1.89. The van der Waals surface area contributed by atoms with E-state index in [2.05, 4.69) is 10.4 Å². The number of benzene rings is 2. The molecule has 0 aliphatic heterocycles. The average Bonchev–Trinajstić information content (AvgIpc) is 2.86.